The molecule has 0 atom stereocenters. The first kappa shape index (κ1) is 16.9. The molecular formula is C14H17N3O5S. The van der Waals surface area contributed by atoms with Gasteiger partial charge in [0.05, 0.1) is 6.54 Å². The van der Waals surface area contributed by atoms with Gasteiger partial charge in [-0.2, -0.15) is 0 Å². The van der Waals surface area contributed by atoms with E-state index in [4.69, 9.17) is 4.74 Å². The molecule has 0 saturated carbocycles. The van der Waals surface area contributed by atoms with Crippen LogP contribution in [0.5, 0.6) is 0 Å². The molecule has 0 bridgehead atoms. The van der Waals surface area contributed by atoms with E-state index >= 15 is 0 Å². The molecule has 1 aliphatic heterocycles. The minimum atomic E-state index is -1.05. The topological polar surface area (TPSA) is 105 Å². The molecule has 23 heavy (non-hydrogen) atoms. The molecule has 1 aromatic rings. The fraction of sp³-hybridized carbons (Fsp3) is 0.429. The average molecular weight is 339 g/mol. The monoisotopic (exact) mass is 339 g/mol. The maximum absolute atomic E-state index is 11.9. The summed E-state index contributed by atoms with van der Waals surface area (Å²) in [5, 5.41) is 6.94. The summed E-state index contributed by atoms with van der Waals surface area (Å²) in [5.74, 6) is -1.79. The van der Waals surface area contributed by atoms with E-state index in [1.54, 1.807) is 0 Å². The van der Waals surface area contributed by atoms with Gasteiger partial charge in [-0.3, -0.25) is 19.3 Å². The number of esters is 1. The van der Waals surface area contributed by atoms with Crippen molar-refractivity contribution in [3.8, 4) is 0 Å². The fourth-order valence-corrected chi connectivity index (χ4v) is 2.58. The number of ether oxygens (including phenoxy) is 1. The lowest BCUT2D eigenvalue weighted by molar-refractivity contribution is -0.151. The summed E-state index contributed by atoms with van der Waals surface area (Å²) in [4.78, 5) is 48.5. The lowest BCUT2D eigenvalue weighted by Gasteiger charge is -2.15. The Morgan fingerprint density at radius 2 is 2.13 bits per heavy atom. The number of amides is 4. The zero-order chi connectivity index (χ0) is 17.0. The third-order valence-electron chi connectivity index (χ3n) is 3.14. The number of thiophene rings is 1. The van der Waals surface area contributed by atoms with Gasteiger partial charge in [0.15, 0.2) is 6.61 Å². The van der Waals surface area contributed by atoms with Crippen molar-refractivity contribution in [1.29, 1.82) is 0 Å². The number of urea groups is 1. The maximum Gasteiger partial charge on any atom is 0.326 e. The van der Waals surface area contributed by atoms with Gasteiger partial charge < -0.3 is 15.4 Å². The van der Waals surface area contributed by atoms with Gasteiger partial charge in [-0.05, 0) is 25.3 Å². The van der Waals surface area contributed by atoms with Gasteiger partial charge in [-0.15, -0.1) is 11.3 Å². The van der Waals surface area contributed by atoms with Gasteiger partial charge >= 0.3 is 12.0 Å². The van der Waals surface area contributed by atoms with Crippen molar-refractivity contribution in [2.24, 2.45) is 0 Å². The second-order valence-corrected chi connectivity index (χ2v) is 6.50. The molecule has 2 N–H and O–H groups in total. The van der Waals surface area contributed by atoms with E-state index in [1.807, 2.05) is 17.5 Å². The van der Waals surface area contributed by atoms with Crippen LogP contribution >= 0.6 is 11.3 Å². The van der Waals surface area contributed by atoms with Crippen LogP contribution in [0.25, 0.3) is 0 Å². The zero-order valence-corrected chi connectivity index (χ0v) is 13.6. The molecule has 0 aliphatic carbocycles. The Morgan fingerprint density at radius 3 is 2.70 bits per heavy atom. The van der Waals surface area contributed by atoms with Crippen molar-refractivity contribution in [1.82, 2.24) is 15.5 Å². The third kappa shape index (κ3) is 4.28. The lowest BCUT2D eigenvalue weighted by atomic mass is 10.1. The van der Waals surface area contributed by atoms with Gasteiger partial charge in [0, 0.05) is 4.88 Å². The van der Waals surface area contributed by atoms with Crippen LogP contribution in [-0.4, -0.2) is 47.4 Å². The van der Waals surface area contributed by atoms with Gasteiger partial charge in [0.2, 0.25) is 0 Å². The molecule has 9 heteroatoms. The Labute approximate surface area is 136 Å². The van der Waals surface area contributed by atoms with Gasteiger partial charge in [-0.1, -0.05) is 6.07 Å². The highest BCUT2D eigenvalue weighted by Crippen LogP contribution is 2.16. The molecule has 2 rings (SSSR count). The molecule has 1 fully saturated rings. The van der Waals surface area contributed by atoms with Crippen molar-refractivity contribution >= 4 is 35.2 Å². The highest BCUT2D eigenvalue weighted by Gasteiger charge is 2.45. The predicted molar refractivity (Wildman–Crippen MR) is 81.4 cm³/mol. The smallest absolute Gasteiger partial charge is 0.326 e. The molecule has 1 saturated heterocycles. The highest BCUT2D eigenvalue weighted by molar-refractivity contribution is 7.09. The number of imide groups is 1. The van der Waals surface area contributed by atoms with E-state index in [2.05, 4.69) is 10.6 Å². The molecule has 1 aromatic heterocycles. The van der Waals surface area contributed by atoms with Crippen molar-refractivity contribution in [3.05, 3.63) is 22.4 Å². The number of hydrogen-bond donors (Lipinski definition) is 2. The number of rotatable bonds is 6. The Hall–Kier alpha value is -2.42. The molecular weight excluding hydrogens is 322 g/mol. The first-order valence-electron chi connectivity index (χ1n) is 6.88. The van der Waals surface area contributed by atoms with Crippen molar-refractivity contribution in [2.45, 2.75) is 25.9 Å². The van der Waals surface area contributed by atoms with Gasteiger partial charge in [0.25, 0.3) is 11.8 Å². The van der Waals surface area contributed by atoms with Gasteiger partial charge in [0.1, 0.15) is 12.1 Å². The minimum absolute atomic E-state index is 0.356. The van der Waals surface area contributed by atoms with E-state index in [0.717, 1.165) is 9.78 Å². The van der Waals surface area contributed by atoms with Crippen LogP contribution in [0.3, 0.4) is 0 Å². The second-order valence-electron chi connectivity index (χ2n) is 5.46. The average Bonchev–Trinajstić information content (AvgIpc) is 3.06. The number of hydrogen-bond acceptors (Lipinski definition) is 6. The van der Waals surface area contributed by atoms with Gasteiger partial charge in [-0.25, -0.2) is 4.79 Å². The van der Waals surface area contributed by atoms with E-state index in [0.29, 0.717) is 6.54 Å². The van der Waals surface area contributed by atoms with Crippen LogP contribution in [-0.2, 0) is 25.7 Å². The second kappa shape index (κ2) is 6.78. The van der Waals surface area contributed by atoms with E-state index in [1.165, 1.54) is 25.2 Å². The SMILES string of the molecule is CC1(C)NC(=O)N(CC(=O)OCC(=O)NCc2cccs2)C1=O. The molecule has 1 aliphatic rings. The van der Waals surface area contributed by atoms with Crippen LogP contribution in [0, 0.1) is 0 Å². The number of nitrogens with zero attached hydrogens (tertiary/aromatic N) is 1. The molecule has 124 valence electrons. The van der Waals surface area contributed by atoms with Crippen LogP contribution in [0.1, 0.15) is 18.7 Å². The summed E-state index contributed by atoms with van der Waals surface area (Å²) in [7, 11) is 0. The van der Waals surface area contributed by atoms with Crippen molar-refractivity contribution < 1.29 is 23.9 Å². The van der Waals surface area contributed by atoms with Crippen molar-refractivity contribution in [3.63, 3.8) is 0 Å². The summed E-state index contributed by atoms with van der Waals surface area (Å²) in [5.41, 5.74) is -1.05. The number of nitrogens with one attached hydrogen (secondary N) is 2. The lowest BCUT2D eigenvalue weighted by Crippen LogP contribution is -2.41. The largest absolute Gasteiger partial charge is 0.454 e. The highest BCUT2D eigenvalue weighted by atomic mass is 32.1. The van der Waals surface area contributed by atoms with Crippen LogP contribution in [0.15, 0.2) is 17.5 Å². The van der Waals surface area contributed by atoms with Crippen LogP contribution < -0.4 is 10.6 Å². The van der Waals surface area contributed by atoms with Crippen molar-refractivity contribution in [2.75, 3.05) is 13.2 Å². The third-order valence-corrected chi connectivity index (χ3v) is 4.01. The summed E-state index contributed by atoms with van der Waals surface area (Å²) in [6.45, 7) is 2.45. The predicted octanol–water partition coefficient (Wildman–Crippen LogP) is 0.238. The number of carbonyl (C=O) groups excluding carboxylic acids is 4. The first-order valence-corrected chi connectivity index (χ1v) is 7.76. The molecule has 2 heterocycles. The van der Waals surface area contributed by atoms with Crippen LogP contribution in [0.2, 0.25) is 0 Å². The standard InChI is InChI=1S/C14H17N3O5S/c1-14(2)12(20)17(13(21)16-14)7-11(19)22-8-10(18)15-6-9-4-3-5-23-9/h3-5H,6-8H2,1-2H3,(H,15,18)(H,16,21). The zero-order valence-electron chi connectivity index (χ0n) is 12.8. The summed E-state index contributed by atoms with van der Waals surface area (Å²) in [6, 6.07) is 3.08. The minimum Gasteiger partial charge on any atom is -0.454 e. The van der Waals surface area contributed by atoms with E-state index < -0.39 is 42.5 Å². The summed E-state index contributed by atoms with van der Waals surface area (Å²) < 4.78 is 4.78. The van der Waals surface area contributed by atoms with Crippen LogP contribution in [0.4, 0.5) is 4.79 Å². The first-order chi connectivity index (χ1) is 10.8. The molecule has 8 nitrogen and oxygen atoms in total. The molecule has 0 radical (unpaired) electrons. The molecule has 0 unspecified atom stereocenters. The van der Waals surface area contributed by atoms with E-state index in [9.17, 15) is 19.2 Å². The van der Waals surface area contributed by atoms with E-state index in [-0.39, 0.29) is 0 Å². The summed E-state index contributed by atoms with van der Waals surface area (Å²) >= 11 is 1.50. The quantitative estimate of drug-likeness (QED) is 0.570. The Morgan fingerprint density at radius 1 is 1.39 bits per heavy atom. The molecule has 0 aromatic carbocycles. The Balaban J connectivity index is 1.74. The number of carbonyl (C=O) groups is 4. The maximum atomic E-state index is 11.9. The Kier molecular flexibility index (Phi) is 4.99. The fourth-order valence-electron chi connectivity index (χ4n) is 1.93. The molecule has 0 spiro atoms. The normalized spacial score (nSPS) is 16.2. The molecule has 4 amide bonds. The Bertz CT molecular complexity index is 626. The summed E-state index contributed by atoms with van der Waals surface area (Å²) in [6.07, 6.45) is 0.